The number of carbonyl (C=O) groups is 2. The Hall–Kier alpha value is -1.66. The minimum Gasteiger partial charge on any atom is -0.280 e. The Kier molecular flexibility index (Phi) is 4.44. The highest BCUT2D eigenvalue weighted by Gasteiger charge is 2.55. The minimum absolute atomic E-state index is 0.601. The van der Waals surface area contributed by atoms with Gasteiger partial charge in [0.2, 0.25) is 10.9 Å². The fraction of sp³-hybridized carbons (Fsp3) is 0.143. The van der Waals surface area contributed by atoms with Crippen LogP contribution < -0.4 is 0 Å². The fourth-order valence-corrected chi connectivity index (χ4v) is 2.65. The Balaban J connectivity index is 2.83. The van der Waals surface area contributed by atoms with E-state index >= 15 is 4.39 Å². The van der Waals surface area contributed by atoms with Crippen molar-refractivity contribution in [2.45, 2.75) is 5.67 Å². The molecule has 0 bridgehead atoms. The van der Waals surface area contributed by atoms with E-state index in [0.717, 1.165) is 18.2 Å². The summed E-state index contributed by atoms with van der Waals surface area (Å²) < 4.78 is 56.8. The van der Waals surface area contributed by atoms with Crippen LogP contribution in [0, 0.1) is 17.6 Å². The van der Waals surface area contributed by atoms with Gasteiger partial charge in [-0.2, -0.15) is 0 Å². The van der Waals surface area contributed by atoms with Crippen molar-refractivity contribution in [2.24, 2.45) is 5.92 Å². The molecule has 0 fully saturated rings. The minimum atomic E-state index is -3.53. The van der Waals surface area contributed by atoms with E-state index in [1.54, 1.807) is 0 Å². The molecule has 1 aromatic carbocycles. The summed E-state index contributed by atoms with van der Waals surface area (Å²) >= 11 is 10.3. The second-order valence-electron chi connectivity index (χ2n) is 4.45. The van der Waals surface area contributed by atoms with Gasteiger partial charge in [-0.25, -0.2) is 17.6 Å². The summed E-state index contributed by atoms with van der Waals surface area (Å²) in [4.78, 5) is 22.8. The number of rotatable bonds is 3. The molecule has 0 aliphatic heterocycles. The fourth-order valence-electron chi connectivity index (χ4n) is 2.22. The van der Waals surface area contributed by atoms with Crippen LogP contribution in [0.15, 0.2) is 36.2 Å². The van der Waals surface area contributed by atoms with E-state index in [4.69, 9.17) is 23.2 Å². The van der Waals surface area contributed by atoms with Crippen molar-refractivity contribution in [1.29, 1.82) is 0 Å². The van der Waals surface area contributed by atoms with Gasteiger partial charge in [0.1, 0.15) is 17.5 Å². The summed E-state index contributed by atoms with van der Waals surface area (Å²) in [6, 6.07) is 2.46. The molecule has 2 rings (SSSR count). The van der Waals surface area contributed by atoms with E-state index in [2.05, 4.69) is 0 Å². The molecule has 0 radical (unpaired) electrons. The maximum atomic E-state index is 15.1. The van der Waals surface area contributed by atoms with Gasteiger partial charge in [0.25, 0.3) is 5.24 Å². The van der Waals surface area contributed by atoms with Gasteiger partial charge in [-0.05, 0) is 41.4 Å². The van der Waals surface area contributed by atoms with E-state index in [-0.39, 0.29) is 0 Å². The van der Waals surface area contributed by atoms with Crippen molar-refractivity contribution in [3.63, 3.8) is 0 Å². The zero-order chi connectivity index (χ0) is 16.7. The van der Waals surface area contributed by atoms with E-state index < -0.39 is 50.7 Å². The normalized spacial score (nSPS) is 24.5. The molecule has 0 spiro atoms. The molecule has 2 nitrogen and oxygen atoms in total. The lowest BCUT2D eigenvalue weighted by molar-refractivity contribution is -0.127. The standard InChI is InChI=1S/C14H6Cl2F4O2/c15-12(21)6-4-5-9(19)11(14(6,20)13(16)22)10-7(17)2-1-3-8(10)18/h1-6H. The Morgan fingerprint density at radius 1 is 1.09 bits per heavy atom. The Labute approximate surface area is 132 Å². The summed E-state index contributed by atoms with van der Waals surface area (Å²) in [5.41, 5.74) is -5.95. The highest BCUT2D eigenvalue weighted by Crippen LogP contribution is 2.47. The summed E-state index contributed by atoms with van der Waals surface area (Å²) in [5, 5.41) is -3.18. The molecular formula is C14H6Cl2F4O2. The summed E-state index contributed by atoms with van der Waals surface area (Å²) in [6.07, 6.45) is 1.27. The van der Waals surface area contributed by atoms with Crippen molar-refractivity contribution in [2.75, 3.05) is 0 Å². The van der Waals surface area contributed by atoms with E-state index in [1.165, 1.54) is 0 Å². The predicted molar refractivity (Wildman–Crippen MR) is 72.6 cm³/mol. The quantitative estimate of drug-likeness (QED) is 0.607. The monoisotopic (exact) mass is 352 g/mol. The largest absolute Gasteiger partial charge is 0.280 e. The average Bonchev–Trinajstić information content (AvgIpc) is 2.41. The molecule has 0 N–H and O–H groups in total. The zero-order valence-electron chi connectivity index (χ0n) is 10.5. The molecule has 0 heterocycles. The SMILES string of the molecule is O=C(Cl)C1C=CC(F)=C(c2c(F)cccc2F)C1(F)C(=O)Cl. The van der Waals surface area contributed by atoms with Gasteiger partial charge in [0.05, 0.1) is 11.5 Å². The third-order valence-corrected chi connectivity index (χ3v) is 3.72. The molecule has 0 saturated carbocycles. The first-order chi connectivity index (χ1) is 10.2. The van der Waals surface area contributed by atoms with Gasteiger partial charge in [0.15, 0.2) is 0 Å². The van der Waals surface area contributed by atoms with Crippen molar-refractivity contribution in [3.8, 4) is 0 Å². The predicted octanol–water partition coefficient (Wildman–Crippen LogP) is 4.07. The van der Waals surface area contributed by atoms with E-state index in [1.807, 2.05) is 0 Å². The van der Waals surface area contributed by atoms with Crippen molar-refractivity contribution < 1.29 is 27.2 Å². The third kappa shape index (κ3) is 2.46. The first-order valence-corrected chi connectivity index (χ1v) is 6.57. The number of halogens is 6. The Bertz CT molecular complexity index is 709. The highest BCUT2D eigenvalue weighted by molar-refractivity contribution is 6.69. The van der Waals surface area contributed by atoms with Crippen LogP contribution in [0.25, 0.3) is 5.57 Å². The van der Waals surface area contributed by atoms with Crippen LogP contribution in [-0.4, -0.2) is 16.2 Å². The lowest BCUT2D eigenvalue weighted by Gasteiger charge is -2.32. The van der Waals surface area contributed by atoms with Gasteiger partial charge in [-0.3, -0.25) is 9.59 Å². The van der Waals surface area contributed by atoms with Crippen LogP contribution in [0.3, 0.4) is 0 Å². The molecule has 22 heavy (non-hydrogen) atoms. The van der Waals surface area contributed by atoms with Crippen LogP contribution in [0.5, 0.6) is 0 Å². The molecule has 1 aromatic rings. The Morgan fingerprint density at radius 3 is 2.09 bits per heavy atom. The number of hydrogen-bond donors (Lipinski definition) is 0. The van der Waals surface area contributed by atoms with Gasteiger partial charge in [-0.1, -0.05) is 12.1 Å². The molecule has 1 aliphatic rings. The summed E-state index contributed by atoms with van der Waals surface area (Å²) in [6.45, 7) is 0. The van der Waals surface area contributed by atoms with Gasteiger partial charge >= 0.3 is 0 Å². The van der Waals surface area contributed by atoms with Gasteiger partial charge < -0.3 is 0 Å². The van der Waals surface area contributed by atoms with Crippen molar-refractivity contribution in [1.82, 2.24) is 0 Å². The van der Waals surface area contributed by atoms with E-state index in [0.29, 0.717) is 12.2 Å². The maximum absolute atomic E-state index is 15.1. The number of benzene rings is 1. The maximum Gasteiger partial charge on any atom is 0.264 e. The molecule has 2 atom stereocenters. The van der Waals surface area contributed by atoms with Crippen LogP contribution in [0.2, 0.25) is 0 Å². The van der Waals surface area contributed by atoms with Crippen LogP contribution in [0.1, 0.15) is 5.56 Å². The molecule has 116 valence electrons. The lowest BCUT2D eigenvalue weighted by atomic mass is 9.77. The third-order valence-electron chi connectivity index (χ3n) is 3.21. The molecule has 2 unspecified atom stereocenters. The zero-order valence-corrected chi connectivity index (χ0v) is 12.1. The molecule has 0 aromatic heterocycles. The Morgan fingerprint density at radius 2 is 1.64 bits per heavy atom. The van der Waals surface area contributed by atoms with Crippen molar-refractivity contribution in [3.05, 3.63) is 53.4 Å². The number of hydrogen-bond acceptors (Lipinski definition) is 2. The molecule has 8 heteroatoms. The topological polar surface area (TPSA) is 34.1 Å². The molecular weight excluding hydrogens is 347 g/mol. The first kappa shape index (κ1) is 16.7. The number of carbonyl (C=O) groups excluding carboxylic acids is 2. The van der Waals surface area contributed by atoms with Crippen LogP contribution in [0.4, 0.5) is 17.6 Å². The number of alkyl halides is 1. The smallest absolute Gasteiger partial charge is 0.264 e. The van der Waals surface area contributed by atoms with Gasteiger partial charge in [0, 0.05) is 5.57 Å². The van der Waals surface area contributed by atoms with E-state index in [9.17, 15) is 22.8 Å². The second-order valence-corrected chi connectivity index (χ2v) is 5.16. The lowest BCUT2D eigenvalue weighted by Crippen LogP contribution is -2.44. The second kappa shape index (κ2) is 5.85. The van der Waals surface area contributed by atoms with Crippen LogP contribution >= 0.6 is 23.2 Å². The van der Waals surface area contributed by atoms with Crippen LogP contribution in [-0.2, 0) is 9.59 Å². The average molecular weight is 353 g/mol. The summed E-state index contributed by atoms with van der Waals surface area (Å²) in [5.74, 6) is -6.08. The molecule has 0 saturated heterocycles. The summed E-state index contributed by atoms with van der Waals surface area (Å²) in [7, 11) is 0. The first-order valence-electron chi connectivity index (χ1n) is 5.82. The van der Waals surface area contributed by atoms with Gasteiger partial charge in [-0.15, -0.1) is 0 Å². The van der Waals surface area contributed by atoms with Crippen molar-refractivity contribution >= 4 is 39.3 Å². The molecule has 0 amide bonds. The molecule has 1 aliphatic carbocycles. The number of allylic oxidation sites excluding steroid dienone is 4. The highest BCUT2D eigenvalue weighted by atomic mass is 35.5.